The number of hydrogen-bond acceptors (Lipinski definition) is 5. The number of halogens is 2. The largest absolute Gasteiger partial charge is 0.492 e. The topological polar surface area (TPSA) is 55.8 Å². The first-order valence-corrected chi connectivity index (χ1v) is 11.7. The van der Waals surface area contributed by atoms with Gasteiger partial charge in [-0.25, -0.2) is 4.39 Å². The van der Waals surface area contributed by atoms with Gasteiger partial charge in [0.25, 0.3) is 11.1 Å². The van der Waals surface area contributed by atoms with Crippen LogP contribution in [-0.4, -0.2) is 29.2 Å². The van der Waals surface area contributed by atoms with Gasteiger partial charge < -0.3 is 9.47 Å². The Bertz CT molecular complexity index is 1200. The number of para-hydroxylation sites is 1. The highest BCUT2D eigenvalue weighted by Gasteiger charge is 2.35. The number of amides is 2. The number of imide groups is 1. The summed E-state index contributed by atoms with van der Waals surface area (Å²) in [5, 5.41) is -0.355. The summed E-state index contributed by atoms with van der Waals surface area (Å²) >= 11 is 4.28. The van der Waals surface area contributed by atoms with Gasteiger partial charge in [0, 0.05) is 15.6 Å². The summed E-state index contributed by atoms with van der Waals surface area (Å²) in [4.78, 5) is 26.7. The molecular formula is C25H19BrFNO4S. The number of rotatable bonds is 8. The molecule has 3 aromatic rings. The summed E-state index contributed by atoms with van der Waals surface area (Å²) in [6.45, 7) is 0.378. The van der Waals surface area contributed by atoms with Gasteiger partial charge in [0.1, 0.15) is 30.5 Å². The van der Waals surface area contributed by atoms with Gasteiger partial charge in [-0.05, 0) is 54.2 Å². The van der Waals surface area contributed by atoms with Crippen molar-refractivity contribution in [1.82, 2.24) is 4.90 Å². The van der Waals surface area contributed by atoms with Crippen LogP contribution >= 0.6 is 27.7 Å². The van der Waals surface area contributed by atoms with Gasteiger partial charge in [-0.2, -0.15) is 0 Å². The van der Waals surface area contributed by atoms with E-state index < -0.39 is 0 Å². The van der Waals surface area contributed by atoms with Crippen molar-refractivity contribution in [2.24, 2.45) is 0 Å². The number of carbonyl (C=O) groups excluding carboxylic acids is 2. The normalized spacial score (nSPS) is 14.7. The van der Waals surface area contributed by atoms with Crippen LogP contribution < -0.4 is 9.47 Å². The molecule has 4 rings (SSSR count). The first-order valence-electron chi connectivity index (χ1n) is 10.1. The van der Waals surface area contributed by atoms with Gasteiger partial charge >= 0.3 is 0 Å². The van der Waals surface area contributed by atoms with Crippen LogP contribution in [-0.2, 0) is 11.4 Å². The van der Waals surface area contributed by atoms with Crippen LogP contribution in [0.15, 0.2) is 82.2 Å². The van der Waals surface area contributed by atoms with Crippen LogP contribution in [0.5, 0.6) is 11.5 Å². The van der Waals surface area contributed by atoms with E-state index in [9.17, 15) is 14.0 Å². The van der Waals surface area contributed by atoms with Crippen LogP contribution in [0.1, 0.15) is 11.1 Å². The fourth-order valence-corrected chi connectivity index (χ4v) is 4.37. The summed E-state index contributed by atoms with van der Waals surface area (Å²) in [5.74, 6) is 0.406. The molecule has 8 heteroatoms. The Morgan fingerprint density at radius 3 is 2.52 bits per heavy atom. The van der Waals surface area contributed by atoms with Crippen LogP contribution in [0.4, 0.5) is 9.18 Å². The molecule has 0 saturated carbocycles. The second-order valence-electron chi connectivity index (χ2n) is 7.06. The van der Waals surface area contributed by atoms with Crippen LogP contribution in [0, 0.1) is 5.82 Å². The van der Waals surface area contributed by atoms with Crippen LogP contribution in [0.2, 0.25) is 0 Å². The van der Waals surface area contributed by atoms with Gasteiger partial charge in [0.15, 0.2) is 0 Å². The predicted molar refractivity (Wildman–Crippen MR) is 129 cm³/mol. The number of carbonyl (C=O) groups is 2. The standard InChI is InChI=1S/C25H19BrFNO4S/c26-19-10-11-22(32-16-17-6-4-5-9-21(17)27)18(14-19)15-23-24(29)28(25(30)33-23)12-13-31-20-7-2-1-3-8-20/h1-11,14-15H,12-13,16H2/b23-15-. The van der Waals surface area contributed by atoms with E-state index in [1.54, 1.807) is 42.5 Å². The lowest BCUT2D eigenvalue weighted by molar-refractivity contribution is -0.123. The lowest BCUT2D eigenvalue weighted by Crippen LogP contribution is -2.32. The van der Waals surface area contributed by atoms with E-state index >= 15 is 0 Å². The Morgan fingerprint density at radius 2 is 1.73 bits per heavy atom. The van der Waals surface area contributed by atoms with E-state index in [0.29, 0.717) is 22.6 Å². The van der Waals surface area contributed by atoms with Crippen molar-refractivity contribution in [1.29, 1.82) is 0 Å². The second kappa shape index (κ2) is 10.7. The number of benzene rings is 3. The first kappa shape index (κ1) is 23.1. The number of hydrogen-bond donors (Lipinski definition) is 0. The third-order valence-corrected chi connectivity index (χ3v) is 6.20. The molecule has 0 aromatic heterocycles. The van der Waals surface area contributed by atoms with E-state index in [4.69, 9.17) is 9.47 Å². The minimum Gasteiger partial charge on any atom is -0.492 e. The van der Waals surface area contributed by atoms with E-state index in [-0.39, 0.29) is 41.6 Å². The van der Waals surface area contributed by atoms with Gasteiger partial charge in [0.2, 0.25) is 0 Å². The lowest BCUT2D eigenvalue weighted by Gasteiger charge is -2.13. The molecule has 0 bridgehead atoms. The molecule has 5 nitrogen and oxygen atoms in total. The summed E-state index contributed by atoms with van der Waals surface area (Å²) in [6.07, 6.45) is 1.62. The van der Waals surface area contributed by atoms with Crippen LogP contribution in [0.25, 0.3) is 6.08 Å². The van der Waals surface area contributed by atoms with Gasteiger partial charge in [-0.15, -0.1) is 0 Å². The third-order valence-electron chi connectivity index (χ3n) is 4.80. The minimum atomic E-state index is -0.387. The molecule has 0 atom stereocenters. The van der Waals surface area contributed by atoms with Crippen LogP contribution in [0.3, 0.4) is 0 Å². The summed E-state index contributed by atoms with van der Waals surface area (Å²) in [5.41, 5.74) is 1.02. The zero-order chi connectivity index (χ0) is 23.2. The van der Waals surface area contributed by atoms with Crippen molar-refractivity contribution in [3.63, 3.8) is 0 Å². The van der Waals surface area contributed by atoms with Gasteiger partial charge in [-0.3, -0.25) is 14.5 Å². The Kier molecular flexibility index (Phi) is 7.47. The molecule has 1 saturated heterocycles. The minimum absolute atomic E-state index is 0.0352. The Hall–Kier alpha value is -3.10. The lowest BCUT2D eigenvalue weighted by atomic mass is 10.1. The van der Waals surface area contributed by atoms with E-state index in [0.717, 1.165) is 21.1 Å². The zero-order valence-electron chi connectivity index (χ0n) is 17.4. The monoisotopic (exact) mass is 527 g/mol. The van der Waals surface area contributed by atoms with E-state index in [1.807, 2.05) is 30.3 Å². The third kappa shape index (κ3) is 5.83. The van der Waals surface area contributed by atoms with Crippen molar-refractivity contribution >= 4 is 44.9 Å². The number of thioether (sulfide) groups is 1. The summed E-state index contributed by atoms with van der Waals surface area (Å²) in [6, 6.07) is 20.9. The molecule has 0 radical (unpaired) electrons. The number of ether oxygens (including phenoxy) is 2. The molecule has 3 aromatic carbocycles. The quantitative estimate of drug-likeness (QED) is 0.322. The highest BCUT2D eigenvalue weighted by Crippen LogP contribution is 2.35. The van der Waals surface area contributed by atoms with Crippen molar-refractivity contribution in [3.05, 3.63) is 99.1 Å². The SMILES string of the molecule is O=C1S/C(=C\c2cc(Br)ccc2OCc2ccccc2F)C(=O)N1CCOc1ccccc1. The highest BCUT2D eigenvalue weighted by atomic mass is 79.9. The average molecular weight is 528 g/mol. The molecule has 1 aliphatic heterocycles. The molecular weight excluding hydrogens is 509 g/mol. The molecule has 2 amide bonds. The van der Waals surface area contributed by atoms with Crippen molar-refractivity contribution < 1.29 is 23.5 Å². The van der Waals surface area contributed by atoms with E-state index in [2.05, 4.69) is 15.9 Å². The summed E-state index contributed by atoms with van der Waals surface area (Å²) < 4.78 is 26.1. The maximum Gasteiger partial charge on any atom is 0.293 e. The maximum atomic E-state index is 13.9. The van der Waals surface area contributed by atoms with Crippen molar-refractivity contribution in [2.45, 2.75) is 6.61 Å². The molecule has 0 spiro atoms. The predicted octanol–water partition coefficient (Wildman–Crippen LogP) is 6.28. The molecule has 0 aliphatic carbocycles. The van der Waals surface area contributed by atoms with Crippen molar-refractivity contribution in [3.8, 4) is 11.5 Å². The zero-order valence-corrected chi connectivity index (χ0v) is 19.8. The smallest absolute Gasteiger partial charge is 0.293 e. The van der Waals surface area contributed by atoms with E-state index in [1.165, 1.54) is 6.07 Å². The molecule has 0 N–H and O–H groups in total. The first-order chi connectivity index (χ1) is 16.0. The molecule has 0 unspecified atom stereocenters. The molecule has 168 valence electrons. The molecule has 1 fully saturated rings. The fraction of sp³-hybridized carbons (Fsp3) is 0.120. The molecule has 33 heavy (non-hydrogen) atoms. The summed E-state index contributed by atoms with van der Waals surface area (Å²) in [7, 11) is 0. The maximum absolute atomic E-state index is 13.9. The number of nitrogens with zero attached hydrogens (tertiary/aromatic N) is 1. The Balaban J connectivity index is 1.46. The fourth-order valence-electron chi connectivity index (χ4n) is 3.14. The Morgan fingerprint density at radius 1 is 0.970 bits per heavy atom. The molecule has 1 heterocycles. The average Bonchev–Trinajstić information content (AvgIpc) is 3.07. The Labute approximate surface area is 203 Å². The second-order valence-corrected chi connectivity index (χ2v) is 8.97. The molecule has 1 aliphatic rings. The van der Waals surface area contributed by atoms with Gasteiger partial charge in [-0.1, -0.05) is 52.3 Å². The highest BCUT2D eigenvalue weighted by molar-refractivity contribution is 9.10. The van der Waals surface area contributed by atoms with Crippen molar-refractivity contribution in [2.75, 3.05) is 13.2 Å². The van der Waals surface area contributed by atoms with Gasteiger partial charge in [0.05, 0.1) is 11.4 Å².